The van der Waals surface area contributed by atoms with E-state index < -0.39 is 0 Å². The molecule has 3 aliphatic rings. The number of ether oxygens (including phenoxy) is 1. The van der Waals surface area contributed by atoms with Gasteiger partial charge in [-0.15, -0.1) is 0 Å². The van der Waals surface area contributed by atoms with E-state index in [0.29, 0.717) is 28.0 Å². The monoisotopic (exact) mass is 292 g/mol. The van der Waals surface area contributed by atoms with E-state index in [1.807, 2.05) is 0 Å². The average molecular weight is 292 g/mol. The Bertz CT molecular complexity index is 253. The molecule has 0 aromatic rings. The summed E-state index contributed by atoms with van der Waals surface area (Å²) < 4.78 is 6.24. The summed E-state index contributed by atoms with van der Waals surface area (Å²) in [6.07, 6.45) is 7.05. The van der Waals surface area contributed by atoms with Crippen molar-refractivity contribution in [1.29, 1.82) is 0 Å². The van der Waals surface area contributed by atoms with E-state index in [9.17, 15) is 5.11 Å². The Hall–Kier alpha value is 0.390. The summed E-state index contributed by atoms with van der Waals surface area (Å²) in [5, 5.41) is 9.72. The number of aliphatic hydroxyl groups excluding tert-OH is 1. The summed E-state index contributed by atoms with van der Waals surface area (Å²) in [4.78, 5) is 0. The zero-order valence-corrected chi connectivity index (χ0v) is 9.42. The van der Waals surface area contributed by atoms with Crippen LogP contribution in [0.25, 0.3) is 0 Å². The minimum absolute atomic E-state index is 0.142. The molecule has 6 atom stereocenters. The smallest absolute Gasteiger partial charge is 0.0795 e. The van der Waals surface area contributed by atoms with Crippen LogP contribution >= 0.6 is 22.6 Å². The van der Waals surface area contributed by atoms with Crippen molar-refractivity contribution in [2.75, 3.05) is 0 Å². The zero-order valence-electron chi connectivity index (χ0n) is 7.27. The van der Waals surface area contributed by atoms with Crippen LogP contribution in [0.2, 0.25) is 0 Å². The third-order valence-electron chi connectivity index (χ3n) is 3.64. The highest BCUT2D eigenvalue weighted by atomic mass is 127. The third kappa shape index (κ3) is 1.13. The third-order valence-corrected chi connectivity index (χ3v) is 5.18. The number of rotatable bonds is 0. The molecule has 0 bridgehead atoms. The fourth-order valence-electron chi connectivity index (χ4n) is 2.99. The minimum atomic E-state index is -0.142. The Morgan fingerprint density at radius 1 is 1.38 bits per heavy atom. The topological polar surface area (TPSA) is 29.5 Å². The van der Waals surface area contributed by atoms with Crippen molar-refractivity contribution in [2.24, 2.45) is 11.8 Å². The van der Waals surface area contributed by atoms with Crippen LogP contribution < -0.4 is 0 Å². The summed E-state index contributed by atoms with van der Waals surface area (Å²) in [5.41, 5.74) is 0. The predicted molar refractivity (Wildman–Crippen MR) is 57.8 cm³/mol. The fourth-order valence-corrected chi connectivity index (χ4v) is 3.98. The Balaban J connectivity index is 1.85. The zero-order chi connectivity index (χ0) is 9.00. The molecule has 0 aromatic carbocycles. The lowest BCUT2D eigenvalue weighted by molar-refractivity contribution is 0.0545. The molecule has 0 spiro atoms. The van der Waals surface area contributed by atoms with Crippen LogP contribution in [-0.4, -0.2) is 27.3 Å². The van der Waals surface area contributed by atoms with Crippen molar-refractivity contribution in [3.8, 4) is 0 Å². The van der Waals surface area contributed by atoms with Gasteiger partial charge in [0.05, 0.1) is 22.2 Å². The first-order valence-electron chi connectivity index (χ1n) is 4.91. The fraction of sp³-hybridized carbons (Fsp3) is 0.800. The van der Waals surface area contributed by atoms with Gasteiger partial charge in [-0.05, 0) is 24.7 Å². The lowest BCUT2D eigenvalue weighted by atomic mass is 9.89. The summed E-state index contributed by atoms with van der Waals surface area (Å²) in [7, 11) is 0. The molecule has 13 heavy (non-hydrogen) atoms. The highest BCUT2D eigenvalue weighted by molar-refractivity contribution is 14.1. The van der Waals surface area contributed by atoms with Gasteiger partial charge < -0.3 is 9.84 Å². The van der Waals surface area contributed by atoms with Crippen LogP contribution in [0.5, 0.6) is 0 Å². The van der Waals surface area contributed by atoms with Crippen LogP contribution in [0.4, 0.5) is 0 Å². The first kappa shape index (κ1) is 8.68. The van der Waals surface area contributed by atoms with Crippen molar-refractivity contribution < 1.29 is 9.84 Å². The number of halogens is 1. The van der Waals surface area contributed by atoms with E-state index in [1.54, 1.807) is 0 Å². The molecule has 1 saturated heterocycles. The maximum absolute atomic E-state index is 9.72. The molecule has 1 aliphatic heterocycles. The van der Waals surface area contributed by atoms with Gasteiger partial charge in [0.25, 0.3) is 0 Å². The van der Waals surface area contributed by atoms with Crippen molar-refractivity contribution in [3.05, 3.63) is 12.2 Å². The molecule has 2 fully saturated rings. The summed E-state index contributed by atoms with van der Waals surface area (Å²) >= 11 is 2.34. The summed E-state index contributed by atoms with van der Waals surface area (Å²) in [6, 6.07) is 0. The number of hydrogen-bond acceptors (Lipinski definition) is 2. The van der Waals surface area contributed by atoms with Crippen molar-refractivity contribution in [2.45, 2.75) is 35.1 Å². The number of alkyl halides is 1. The van der Waals surface area contributed by atoms with Gasteiger partial charge in [0.2, 0.25) is 0 Å². The SMILES string of the molecule is OC1CC2C3CC=CC3OC2C1I. The van der Waals surface area contributed by atoms with Crippen LogP contribution in [0, 0.1) is 11.8 Å². The van der Waals surface area contributed by atoms with Crippen molar-refractivity contribution in [1.82, 2.24) is 0 Å². The molecule has 1 heterocycles. The van der Waals surface area contributed by atoms with Gasteiger partial charge in [0.1, 0.15) is 0 Å². The number of fused-ring (bicyclic) bond motifs is 3. The Morgan fingerprint density at radius 3 is 3.08 bits per heavy atom. The summed E-state index contributed by atoms with van der Waals surface area (Å²) in [5.74, 6) is 1.27. The molecule has 72 valence electrons. The molecule has 2 nitrogen and oxygen atoms in total. The lowest BCUT2D eigenvalue weighted by Crippen LogP contribution is -2.25. The van der Waals surface area contributed by atoms with Gasteiger partial charge in [-0.3, -0.25) is 0 Å². The Labute approximate surface area is 91.5 Å². The molecule has 0 radical (unpaired) electrons. The maximum atomic E-state index is 9.72. The molecule has 1 N–H and O–H groups in total. The molecule has 3 heteroatoms. The van der Waals surface area contributed by atoms with Crippen LogP contribution in [0.3, 0.4) is 0 Å². The Kier molecular flexibility index (Phi) is 1.96. The van der Waals surface area contributed by atoms with Crippen molar-refractivity contribution in [3.63, 3.8) is 0 Å². The number of aliphatic hydroxyl groups is 1. The van der Waals surface area contributed by atoms with Crippen molar-refractivity contribution >= 4 is 22.6 Å². The van der Waals surface area contributed by atoms with Crippen LogP contribution in [0.15, 0.2) is 12.2 Å². The predicted octanol–water partition coefficient (Wildman–Crippen LogP) is 1.51. The molecular weight excluding hydrogens is 279 g/mol. The van der Waals surface area contributed by atoms with E-state index in [-0.39, 0.29) is 6.10 Å². The Morgan fingerprint density at radius 2 is 2.23 bits per heavy atom. The van der Waals surface area contributed by atoms with E-state index in [2.05, 4.69) is 34.7 Å². The van der Waals surface area contributed by atoms with Gasteiger partial charge in [-0.2, -0.15) is 0 Å². The van der Waals surface area contributed by atoms with Crippen LogP contribution in [0.1, 0.15) is 12.8 Å². The quantitative estimate of drug-likeness (QED) is 0.417. The normalized spacial score (nSPS) is 58.3. The first-order valence-corrected chi connectivity index (χ1v) is 6.16. The molecule has 0 amide bonds. The highest BCUT2D eigenvalue weighted by Gasteiger charge is 2.53. The number of allylic oxidation sites excluding steroid dienone is 1. The van der Waals surface area contributed by atoms with Gasteiger partial charge >= 0.3 is 0 Å². The van der Waals surface area contributed by atoms with Crippen LogP contribution in [-0.2, 0) is 4.74 Å². The number of hydrogen-bond donors (Lipinski definition) is 1. The first-order chi connectivity index (χ1) is 6.27. The highest BCUT2D eigenvalue weighted by Crippen LogP contribution is 2.49. The van der Waals surface area contributed by atoms with E-state index >= 15 is 0 Å². The lowest BCUT2D eigenvalue weighted by Gasteiger charge is -2.15. The molecular formula is C10H13IO2. The maximum Gasteiger partial charge on any atom is 0.0795 e. The van der Waals surface area contributed by atoms with Gasteiger partial charge in [0.15, 0.2) is 0 Å². The molecule has 1 saturated carbocycles. The second-order valence-corrected chi connectivity index (χ2v) is 5.74. The molecule has 6 unspecified atom stereocenters. The summed E-state index contributed by atoms with van der Waals surface area (Å²) in [6.45, 7) is 0. The van der Waals surface area contributed by atoms with Gasteiger partial charge in [-0.25, -0.2) is 0 Å². The van der Waals surface area contributed by atoms with Gasteiger partial charge in [0, 0.05) is 0 Å². The molecule has 2 aliphatic carbocycles. The molecule has 3 rings (SSSR count). The standard InChI is InChI=1S/C10H13IO2/c11-9-7(12)4-6-5-2-1-3-8(5)13-10(6)9/h1,3,5-10,12H,2,4H2. The van der Waals surface area contributed by atoms with E-state index in [0.717, 1.165) is 12.8 Å². The average Bonchev–Trinajstić information content (AvgIpc) is 2.70. The minimum Gasteiger partial charge on any atom is -0.392 e. The van der Waals surface area contributed by atoms with E-state index in [1.165, 1.54) is 0 Å². The van der Waals surface area contributed by atoms with E-state index in [4.69, 9.17) is 4.74 Å². The van der Waals surface area contributed by atoms with Gasteiger partial charge in [-0.1, -0.05) is 34.7 Å². The molecule has 0 aromatic heterocycles. The second-order valence-electron chi connectivity index (χ2n) is 4.30. The largest absolute Gasteiger partial charge is 0.392 e. The second kappa shape index (κ2) is 2.94.